The molecule has 1 heterocycles. The van der Waals surface area contributed by atoms with Crippen molar-refractivity contribution in [3.63, 3.8) is 0 Å². The lowest BCUT2D eigenvalue weighted by Crippen LogP contribution is -2.38. The van der Waals surface area contributed by atoms with Crippen molar-refractivity contribution in [3.8, 4) is 0 Å². The number of unbranched alkanes of at least 4 members (excludes halogenated alkanes) is 1. The van der Waals surface area contributed by atoms with E-state index in [1.54, 1.807) is 0 Å². The minimum atomic E-state index is -0.0550. The van der Waals surface area contributed by atoms with E-state index in [0.717, 1.165) is 13.0 Å². The van der Waals surface area contributed by atoms with Gasteiger partial charge in [0.05, 0.1) is 6.10 Å². The number of hydrogen-bond donors (Lipinski definition) is 1. The third-order valence-electron chi connectivity index (χ3n) is 2.31. The first-order chi connectivity index (χ1) is 5.33. The first kappa shape index (κ1) is 9.01. The molecule has 1 aliphatic heterocycles. The molecule has 1 fully saturated rings. The molecule has 2 nitrogen and oxygen atoms in total. The minimum absolute atomic E-state index is 0.0550. The lowest BCUT2D eigenvalue weighted by Gasteiger charge is -2.29. The Morgan fingerprint density at radius 2 is 2.36 bits per heavy atom. The van der Waals surface area contributed by atoms with Crippen LogP contribution < -0.4 is 0 Å². The Morgan fingerprint density at radius 3 is 3.00 bits per heavy atom. The van der Waals surface area contributed by atoms with E-state index >= 15 is 0 Å². The predicted molar refractivity (Wildman–Crippen MR) is 46.6 cm³/mol. The number of nitrogens with zero attached hydrogens (tertiary/aromatic N) is 1. The molecule has 1 rings (SSSR count). The summed E-state index contributed by atoms with van der Waals surface area (Å²) in [7, 11) is 0. The number of rotatable bonds is 3. The normalized spacial score (nSPS) is 27.3. The van der Waals surface area contributed by atoms with Crippen LogP contribution in [-0.2, 0) is 0 Å². The van der Waals surface area contributed by atoms with Crippen LogP contribution in [0.3, 0.4) is 0 Å². The number of β-amino-alcohol motifs (C(OH)–C–C–N with tert-alkyl or cyclic N) is 1. The van der Waals surface area contributed by atoms with Crippen LogP contribution in [-0.4, -0.2) is 35.7 Å². The van der Waals surface area contributed by atoms with Crippen LogP contribution in [0.25, 0.3) is 0 Å². The molecule has 2 heteroatoms. The maximum absolute atomic E-state index is 9.34. The van der Waals surface area contributed by atoms with Crippen molar-refractivity contribution in [2.45, 2.75) is 38.7 Å². The lowest BCUT2D eigenvalue weighted by atomic mass is 10.1. The molecular weight excluding hydrogens is 138 g/mol. The fourth-order valence-corrected chi connectivity index (χ4v) is 1.62. The van der Waals surface area contributed by atoms with Crippen LogP contribution in [0.15, 0.2) is 0 Å². The minimum Gasteiger partial charge on any atom is -0.392 e. The van der Waals surface area contributed by atoms with E-state index in [4.69, 9.17) is 0 Å². The van der Waals surface area contributed by atoms with Crippen molar-refractivity contribution in [1.82, 2.24) is 4.90 Å². The number of hydrogen-bond acceptors (Lipinski definition) is 2. The first-order valence-corrected chi connectivity index (χ1v) is 4.73. The number of aliphatic hydroxyl groups excluding tert-OH is 1. The molecule has 0 spiro atoms. The summed E-state index contributed by atoms with van der Waals surface area (Å²) in [5.41, 5.74) is 0. The van der Waals surface area contributed by atoms with Gasteiger partial charge in [-0.2, -0.15) is 0 Å². The quantitative estimate of drug-likeness (QED) is 0.666. The second-order valence-electron chi connectivity index (χ2n) is 3.45. The Bertz CT molecular complexity index is 106. The van der Waals surface area contributed by atoms with E-state index < -0.39 is 0 Å². The average Bonchev–Trinajstić information content (AvgIpc) is 2.01. The third kappa shape index (κ3) is 3.21. The number of likely N-dealkylation sites (tertiary alicyclic amines) is 1. The maximum Gasteiger partial charge on any atom is 0.0667 e. The van der Waals surface area contributed by atoms with E-state index in [1.807, 2.05) is 0 Å². The molecule has 0 unspecified atom stereocenters. The molecule has 1 saturated heterocycles. The van der Waals surface area contributed by atoms with Crippen LogP contribution in [0.2, 0.25) is 0 Å². The fraction of sp³-hybridized carbons (Fsp3) is 1.00. The van der Waals surface area contributed by atoms with Crippen LogP contribution in [0.1, 0.15) is 32.6 Å². The summed E-state index contributed by atoms with van der Waals surface area (Å²) in [5, 5.41) is 9.34. The second kappa shape index (κ2) is 4.73. The Labute approximate surface area is 69.2 Å². The first-order valence-electron chi connectivity index (χ1n) is 4.73. The molecule has 1 aliphatic rings. The molecular formula is C9H19NO. The molecule has 0 bridgehead atoms. The van der Waals surface area contributed by atoms with E-state index in [-0.39, 0.29) is 6.10 Å². The van der Waals surface area contributed by atoms with Gasteiger partial charge >= 0.3 is 0 Å². The van der Waals surface area contributed by atoms with Gasteiger partial charge < -0.3 is 10.0 Å². The van der Waals surface area contributed by atoms with Gasteiger partial charge in [-0.3, -0.25) is 0 Å². The summed E-state index contributed by atoms with van der Waals surface area (Å²) in [5.74, 6) is 0. The molecule has 66 valence electrons. The van der Waals surface area contributed by atoms with Gasteiger partial charge in [0, 0.05) is 6.54 Å². The van der Waals surface area contributed by atoms with Gasteiger partial charge in [-0.05, 0) is 32.4 Å². The van der Waals surface area contributed by atoms with E-state index in [2.05, 4.69) is 11.8 Å². The van der Waals surface area contributed by atoms with Gasteiger partial charge in [0.15, 0.2) is 0 Å². The van der Waals surface area contributed by atoms with Crippen LogP contribution in [0, 0.1) is 0 Å². The van der Waals surface area contributed by atoms with Gasteiger partial charge in [0.1, 0.15) is 0 Å². The van der Waals surface area contributed by atoms with Crippen molar-refractivity contribution >= 4 is 0 Å². The van der Waals surface area contributed by atoms with Crippen molar-refractivity contribution in [2.24, 2.45) is 0 Å². The van der Waals surface area contributed by atoms with Gasteiger partial charge in [0.2, 0.25) is 0 Å². The van der Waals surface area contributed by atoms with Crippen molar-refractivity contribution < 1.29 is 5.11 Å². The fourth-order valence-electron chi connectivity index (χ4n) is 1.62. The average molecular weight is 157 g/mol. The molecule has 1 N–H and O–H groups in total. The Morgan fingerprint density at radius 1 is 1.55 bits per heavy atom. The van der Waals surface area contributed by atoms with E-state index in [9.17, 15) is 5.11 Å². The maximum atomic E-state index is 9.34. The van der Waals surface area contributed by atoms with Crippen LogP contribution >= 0.6 is 0 Å². The van der Waals surface area contributed by atoms with Crippen molar-refractivity contribution in [2.75, 3.05) is 19.6 Å². The molecule has 0 amide bonds. The zero-order valence-electron chi connectivity index (χ0n) is 7.42. The Hall–Kier alpha value is -0.0800. The van der Waals surface area contributed by atoms with Crippen molar-refractivity contribution in [1.29, 1.82) is 0 Å². The second-order valence-corrected chi connectivity index (χ2v) is 3.45. The summed E-state index contributed by atoms with van der Waals surface area (Å²) in [6.45, 7) is 5.48. The highest BCUT2D eigenvalue weighted by Crippen LogP contribution is 2.09. The molecule has 0 aromatic carbocycles. The summed E-state index contributed by atoms with van der Waals surface area (Å²) in [6, 6.07) is 0. The summed E-state index contributed by atoms with van der Waals surface area (Å²) in [6.07, 6.45) is 4.65. The zero-order chi connectivity index (χ0) is 8.10. The topological polar surface area (TPSA) is 23.5 Å². The highest BCUT2D eigenvalue weighted by atomic mass is 16.3. The standard InChI is InChI=1S/C9H19NO/c1-2-3-6-10-7-4-5-9(11)8-10/h9,11H,2-8H2,1H3/t9-/m0/s1. The Kier molecular flexibility index (Phi) is 3.87. The molecule has 0 saturated carbocycles. The SMILES string of the molecule is CCCCN1CCC[C@H](O)C1. The lowest BCUT2D eigenvalue weighted by molar-refractivity contribution is 0.0701. The Balaban J connectivity index is 2.12. The summed E-state index contributed by atoms with van der Waals surface area (Å²) in [4.78, 5) is 2.37. The molecule has 1 atom stereocenters. The van der Waals surface area contributed by atoms with E-state index in [0.29, 0.717) is 0 Å². The third-order valence-corrected chi connectivity index (χ3v) is 2.31. The molecule has 0 aliphatic carbocycles. The summed E-state index contributed by atoms with van der Waals surface area (Å²) >= 11 is 0. The highest BCUT2D eigenvalue weighted by Gasteiger charge is 2.16. The zero-order valence-corrected chi connectivity index (χ0v) is 7.42. The van der Waals surface area contributed by atoms with Gasteiger partial charge in [-0.15, -0.1) is 0 Å². The molecule has 11 heavy (non-hydrogen) atoms. The number of aliphatic hydroxyl groups is 1. The summed E-state index contributed by atoms with van der Waals surface area (Å²) < 4.78 is 0. The highest BCUT2D eigenvalue weighted by molar-refractivity contribution is 4.71. The molecule has 0 aromatic heterocycles. The largest absolute Gasteiger partial charge is 0.392 e. The molecule has 0 aromatic rings. The van der Waals surface area contributed by atoms with Crippen molar-refractivity contribution in [3.05, 3.63) is 0 Å². The van der Waals surface area contributed by atoms with Crippen LogP contribution in [0.5, 0.6) is 0 Å². The van der Waals surface area contributed by atoms with Gasteiger partial charge in [-0.1, -0.05) is 13.3 Å². The predicted octanol–water partition coefficient (Wildman–Crippen LogP) is 1.24. The number of piperidine rings is 1. The monoisotopic (exact) mass is 157 g/mol. The molecule has 0 radical (unpaired) electrons. The van der Waals surface area contributed by atoms with Gasteiger partial charge in [-0.25, -0.2) is 0 Å². The van der Waals surface area contributed by atoms with Gasteiger partial charge in [0.25, 0.3) is 0 Å². The van der Waals surface area contributed by atoms with E-state index in [1.165, 1.54) is 32.4 Å². The van der Waals surface area contributed by atoms with Crippen LogP contribution in [0.4, 0.5) is 0 Å². The smallest absolute Gasteiger partial charge is 0.0667 e.